The van der Waals surface area contributed by atoms with Gasteiger partial charge in [-0.25, -0.2) is 0 Å². The summed E-state index contributed by atoms with van der Waals surface area (Å²) in [6.07, 6.45) is 0. The normalized spacial score (nSPS) is 10.3. The Kier molecular flexibility index (Phi) is 5.52. The summed E-state index contributed by atoms with van der Waals surface area (Å²) in [5.74, 6) is 1.12. The Morgan fingerprint density at radius 1 is 1.10 bits per heavy atom. The molecule has 6 heteroatoms. The smallest absolute Gasteiger partial charge is 0.269 e. The van der Waals surface area contributed by atoms with E-state index in [1.165, 1.54) is 23.9 Å². The van der Waals surface area contributed by atoms with Gasteiger partial charge in [0.05, 0.1) is 10.7 Å². The van der Waals surface area contributed by atoms with Crippen molar-refractivity contribution >= 4 is 39.2 Å². The lowest BCUT2D eigenvalue weighted by atomic mass is 10.2. The lowest BCUT2D eigenvalue weighted by molar-refractivity contribution is -0.384. The van der Waals surface area contributed by atoms with Gasteiger partial charge in [0.25, 0.3) is 5.69 Å². The number of thioether (sulfide) groups is 1. The van der Waals surface area contributed by atoms with Crippen molar-refractivity contribution in [1.29, 1.82) is 0 Å². The van der Waals surface area contributed by atoms with Crippen molar-refractivity contribution in [3.8, 4) is 0 Å². The molecule has 0 amide bonds. The van der Waals surface area contributed by atoms with Crippen molar-refractivity contribution in [2.24, 2.45) is 0 Å². The van der Waals surface area contributed by atoms with Crippen LogP contribution in [0.1, 0.15) is 15.9 Å². The van der Waals surface area contributed by atoms with E-state index in [1.54, 1.807) is 24.3 Å². The first kappa shape index (κ1) is 15.7. The third-order valence-corrected chi connectivity index (χ3v) is 4.35. The first-order chi connectivity index (χ1) is 10.1. The lowest BCUT2D eigenvalue weighted by Crippen LogP contribution is -2.02. The molecule has 2 rings (SSSR count). The Morgan fingerprint density at radius 2 is 1.71 bits per heavy atom. The number of benzene rings is 2. The molecule has 4 nitrogen and oxygen atoms in total. The van der Waals surface area contributed by atoms with E-state index in [-0.39, 0.29) is 11.5 Å². The standard InChI is InChI=1S/C15H12BrNO3S/c16-13-5-3-12(4-6-13)15(18)10-21-9-11-1-7-14(8-2-11)17(19)20/h1-8H,9-10H2. The van der Waals surface area contributed by atoms with E-state index in [4.69, 9.17) is 0 Å². The highest BCUT2D eigenvalue weighted by molar-refractivity contribution is 9.10. The molecule has 0 spiro atoms. The Hall–Kier alpha value is -1.66. The zero-order chi connectivity index (χ0) is 15.2. The number of ketones is 1. The van der Waals surface area contributed by atoms with Crippen LogP contribution in [-0.4, -0.2) is 16.5 Å². The summed E-state index contributed by atoms with van der Waals surface area (Å²) in [5, 5.41) is 10.5. The van der Waals surface area contributed by atoms with Crippen LogP contribution in [0.3, 0.4) is 0 Å². The molecule has 2 aromatic carbocycles. The molecule has 0 saturated carbocycles. The zero-order valence-electron chi connectivity index (χ0n) is 11.0. The number of nitrogens with zero attached hydrogens (tertiary/aromatic N) is 1. The van der Waals surface area contributed by atoms with Crippen LogP contribution >= 0.6 is 27.7 Å². The summed E-state index contributed by atoms with van der Waals surface area (Å²) in [4.78, 5) is 22.1. The minimum Gasteiger partial charge on any atom is -0.293 e. The minimum absolute atomic E-state index is 0.0782. The van der Waals surface area contributed by atoms with Gasteiger partial charge >= 0.3 is 0 Å². The number of carbonyl (C=O) groups is 1. The van der Waals surface area contributed by atoms with Crippen LogP contribution in [0.4, 0.5) is 5.69 Å². The number of nitro benzene ring substituents is 1. The van der Waals surface area contributed by atoms with Crippen molar-refractivity contribution in [1.82, 2.24) is 0 Å². The summed E-state index contributed by atoms with van der Waals surface area (Å²) in [5.41, 5.74) is 1.73. The zero-order valence-corrected chi connectivity index (χ0v) is 13.4. The number of hydrogen-bond acceptors (Lipinski definition) is 4. The maximum Gasteiger partial charge on any atom is 0.269 e. The molecular weight excluding hydrogens is 354 g/mol. The number of nitro groups is 1. The number of non-ortho nitro benzene ring substituents is 1. The van der Waals surface area contributed by atoms with Crippen LogP contribution in [-0.2, 0) is 5.75 Å². The first-order valence-electron chi connectivity index (χ1n) is 6.16. The van der Waals surface area contributed by atoms with Gasteiger partial charge in [0.1, 0.15) is 0 Å². The molecule has 0 heterocycles. The monoisotopic (exact) mass is 365 g/mol. The minimum atomic E-state index is -0.423. The van der Waals surface area contributed by atoms with Crippen molar-refractivity contribution in [3.63, 3.8) is 0 Å². The molecule has 0 radical (unpaired) electrons. The second-order valence-corrected chi connectivity index (χ2v) is 6.25. The van der Waals surface area contributed by atoms with Crippen LogP contribution in [0.15, 0.2) is 53.0 Å². The second-order valence-electron chi connectivity index (χ2n) is 4.35. The molecule has 0 atom stereocenters. The number of Topliss-reactive ketones (excluding diaryl/α,β-unsaturated/α-hetero) is 1. The highest BCUT2D eigenvalue weighted by Gasteiger charge is 2.07. The van der Waals surface area contributed by atoms with E-state index in [1.807, 2.05) is 12.1 Å². The van der Waals surface area contributed by atoms with Gasteiger partial charge in [0.15, 0.2) is 5.78 Å². The fourth-order valence-electron chi connectivity index (χ4n) is 1.69. The van der Waals surface area contributed by atoms with Gasteiger partial charge in [0, 0.05) is 27.9 Å². The van der Waals surface area contributed by atoms with E-state index in [0.717, 1.165) is 10.0 Å². The van der Waals surface area contributed by atoms with Gasteiger partial charge in [-0.15, -0.1) is 11.8 Å². The predicted octanol–water partition coefficient (Wildman–Crippen LogP) is 4.47. The maximum atomic E-state index is 12.0. The summed E-state index contributed by atoms with van der Waals surface area (Å²) < 4.78 is 0.942. The van der Waals surface area contributed by atoms with E-state index in [2.05, 4.69) is 15.9 Å². The van der Waals surface area contributed by atoms with Gasteiger partial charge in [-0.1, -0.05) is 40.2 Å². The molecule has 0 aromatic heterocycles. The van der Waals surface area contributed by atoms with Crippen molar-refractivity contribution in [3.05, 3.63) is 74.2 Å². The van der Waals surface area contributed by atoms with Crippen LogP contribution < -0.4 is 0 Å². The molecule has 0 aliphatic carbocycles. The average molecular weight is 366 g/mol. The number of hydrogen-bond donors (Lipinski definition) is 0. The SMILES string of the molecule is O=C(CSCc1ccc([N+](=O)[O-])cc1)c1ccc(Br)cc1. The largest absolute Gasteiger partial charge is 0.293 e. The quantitative estimate of drug-likeness (QED) is 0.430. The van der Waals surface area contributed by atoms with Gasteiger partial charge in [-0.2, -0.15) is 0 Å². The molecule has 108 valence electrons. The van der Waals surface area contributed by atoms with Crippen LogP contribution in [0.25, 0.3) is 0 Å². The molecular formula is C15H12BrNO3S. The number of halogens is 1. The molecule has 0 unspecified atom stereocenters. The molecule has 2 aromatic rings. The van der Waals surface area contributed by atoms with E-state index >= 15 is 0 Å². The summed E-state index contributed by atoms with van der Waals surface area (Å²) >= 11 is 4.83. The van der Waals surface area contributed by atoms with E-state index in [9.17, 15) is 14.9 Å². The van der Waals surface area contributed by atoms with Gasteiger partial charge in [-0.05, 0) is 17.7 Å². The third kappa shape index (κ3) is 4.68. The summed E-state index contributed by atoms with van der Waals surface area (Å²) in [7, 11) is 0. The molecule has 0 aliphatic rings. The van der Waals surface area contributed by atoms with Crippen molar-refractivity contribution in [2.45, 2.75) is 5.75 Å². The number of carbonyl (C=O) groups excluding carboxylic acids is 1. The van der Waals surface area contributed by atoms with Crippen LogP contribution in [0.2, 0.25) is 0 Å². The van der Waals surface area contributed by atoms with Gasteiger partial charge < -0.3 is 0 Å². The topological polar surface area (TPSA) is 60.2 Å². The number of rotatable bonds is 6. The molecule has 0 fully saturated rings. The fourth-order valence-corrected chi connectivity index (χ4v) is 2.84. The highest BCUT2D eigenvalue weighted by Crippen LogP contribution is 2.18. The average Bonchev–Trinajstić information content (AvgIpc) is 2.48. The molecule has 0 aliphatic heterocycles. The van der Waals surface area contributed by atoms with Gasteiger partial charge in [-0.3, -0.25) is 14.9 Å². The molecule has 0 N–H and O–H groups in total. The molecule has 0 saturated heterocycles. The van der Waals surface area contributed by atoms with Crippen LogP contribution in [0, 0.1) is 10.1 Å². The van der Waals surface area contributed by atoms with Crippen LogP contribution in [0.5, 0.6) is 0 Å². The van der Waals surface area contributed by atoms with Crippen molar-refractivity contribution in [2.75, 3.05) is 5.75 Å². The Labute approximate surface area is 134 Å². The van der Waals surface area contributed by atoms with Gasteiger partial charge in [0.2, 0.25) is 0 Å². The first-order valence-corrected chi connectivity index (χ1v) is 8.11. The summed E-state index contributed by atoms with van der Waals surface area (Å²) in [6.45, 7) is 0. The predicted molar refractivity (Wildman–Crippen MR) is 87.7 cm³/mol. The van der Waals surface area contributed by atoms with E-state index in [0.29, 0.717) is 17.1 Å². The van der Waals surface area contributed by atoms with Crippen molar-refractivity contribution < 1.29 is 9.72 Å². The fraction of sp³-hybridized carbons (Fsp3) is 0.133. The Balaban J connectivity index is 1.85. The summed E-state index contributed by atoms with van der Waals surface area (Å²) in [6, 6.07) is 13.7. The molecule has 21 heavy (non-hydrogen) atoms. The highest BCUT2D eigenvalue weighted by atomic mass is 79.9. The Bertz CT molecular complexity index is 641. The third-order valence-electron chi connectivity index (χ3n) is 2.82. The second kappa shape index (κ2) is 7.38. The van der Waals surface area contributed by atoms with E-state index < -0.39 is 4.92 Å². The molecule has 0 bridgehead atoms. The Morgan fingerprint density at radius 3 is 2.29 bits per heavy atom. The maximum absolute atomic E-state index is 12.0. The lowest BCUT2D eigenvalue weighted by Gasteiger charge is -2.02.